The van der Waals surface area contributed by atoms with Gasteiger partial charge in [0.2, 0.25) is 0 Å². The Morgan fingerprint density at radius 2 is 1.95 bits per heavy atom. The molecule has 0 saturated heterocycles. The minimum atomic E-state index is -4.58. The number of hydrogen-bond acceptors (Lipinski definition) is 4. The molecule has 6 rings (SSSR count). The molecule has 5 nitrogen and oxygen atoms in total. The molecular formula is C31H29F3O5. The van der Waals surface area contributed by atoms with Crippen molar-refractivity contribution in [1.82, 2.24) is 0 Å². The van der Waals surface area contributed by atoms with Crippen LogP contribution in [0.25, 0.3) is 11.1 Å². The third-order valence-electron chi connectivity index (χ3n) is 8.33. The van der Waals surface area contributed by atoms with Gasteiger partial charge in [0.05, 0.1) is 30.3 Å². The molecular weight excluding hydrogens is 509 g/mol. The van der Waals surface area contributed by atoms with Gasteiger partial charge in [0.25, 0.3) is 0 Å². The van der Waals surface area contributed by atoms with Gasteiger partial charge in [-0.05, 0) is 82.9 Å². The summed E-state index contributed by atoms with van der Waals surface area (Å²) in [5, 5.41) is 19.3. The van der Waals surface area contributed by atoms with Crippen LogP contribution < -0.4 is 4.74 Å². The Hall–Kier alpha value is -3.36. The number of fused-ring (bicyclic) bond motifs is 3. The van der Waals surface area contributed by atoms with Crippen LogP contribution >= 0.6 is 0 Å². The molecule has 0 heterocycles. The molecule has 0 aromatic heterocycles. The number of aliphatic hydroxyl groups is 1. The van der Waals surface area contributed by atoms with E-state index in [4.69, 9.17) is 9.47 Å². The summed E-state index contributed by atoms with van der Waals surface area (Å²) < 4.78 is 53.6. The highest BCUT2D eigenvalue weighted by Gasteiger charge is 2.61. The fourth-order valence-corrected chi connectivity index (χ4v) is 5.92. The lowest BCUT2D eigenvalue weighted by Crippen LogP contribution is -2.17. The molecule has 4 aliphatic rings. The van der Waals surface area contributed by atoms with Gasteiger partial charge in [0.15, 0.2) is 0 Å². The van der Waals surface area contributed by atoms with E-state index < -0.39 is 23.3 Å². The van der Waals surface area contributed by atoms with Crippen molar-refractivity contribution in [3.63, 3.8) is 0 Å². The quantitative estimate of drug-likeness (QED) is 0.391. The van der Waals surface area contributed by atoms with E-state index in [1.54, 1.807) is 24.3 Å². The lowest BCUT2D eigenvalue weighted by Gasteiger charge is -2.23. The summed E-state index contributed by atoms with van der Waals surface area (Å²) in [5.41, 5.74) is 2.57. The van der Waals surface area contributed by atoms with Crippen LogP contribution in [-0.2, 0) is 22.3 Å². The first-order chi connectivity index (χ1) is 18.5. The predicted molar refractivity (Wildman–Crippen MR) is 138 cm³/mol. The Labute approximate surface area is 224 Å². The van der Waals surface area contributed by atoms with E-state index in [-0.39, 0.29) is 48.4 Å². The number of carbonyl (C=O) groups is 1. The van der Waals surface area contributed by atoms with Crippen LogP contribution in [0.4, 0.5) is 13.2 Å². The minimum absolute atomic E-state index is 0.0486. The zero-order valence-electron chi connectivity index (χ0n) is 21.2. The van der Waals surface area contributed by atoms with E-state index >= 15 is 0 Å². The first-order valence-electron chi connectivity index (χ1n) is 13.1. The van der Waals surface area contributed by atoms with Crippen molar-refractivity contribution in [2.24, 2.45) is 17.8 Å². The zero-order chi connectivity index (χ0) is 27.5. The molecule has 4 atom stereocenters. The van der Waals surface area contributed by atoms with Crippen LogP contribution in [-0.4, -0.2) is 34.5 Å². The Bertz CT molecular complexity index is 1400. The van der Waals surface area contributed by atoms with E-state index in [1.165, 1.54) is 12.1 Å². The number of rotatable bonds is 9. The molecule has 0 spiro atoms. The SMILES string of the molecule is C=C1C=C2C(=CC1OCc1cccc(-c3ccc(OCCC4(O)CC4)cc3C(F)(F)F)c1)C[C@H]1[C@H](C(=O)O)[C@@H]21. The molecule has 3 fully saturated rings. The van der Waals surface area contributed by atoms with E-state index in [1.807, 2.05) is 12.2 Å². The van der Waals surface area contributed by atoms with Crippen molar-refractivity contribution in [2.75, 3.05) is 6.61 Å². The van der Waals surface area contributed by atoms with Crippen LogP contribution in [0.5, 0.6) is 5.75 Å². The smallest absolute Gasteiger partial charge is 0.417 e. The molecule has 39 heavy (non-hydrogen) atoms. The summed E-state index contributed by atoms with van der Waals surface area (Å²) in [4.78, 5) is 11.4. The highest BCUT2D eigenvalue weighted by Crippen LogP contribution is 2.63. The third-order valence-corrected chi connectivity index (χ3v) is 8.33. The first kappa shape index (κ1) is 25.9. The maximum atomic E-state index is 14.0. The maximum absolute atomic E-state index is 14.0. The summed E-state index contributed by atoms with van der Waals surface area (Å²) in [7, 11) is 0. The monoisotopic (exact) mass is 538 g/mol. The van der Waals surface area contributed by atoms with E-state index in [0.717, 1.165) is 34.8 Å². The van der Waals surface area contributed by atoms with Crippen molar-refractivity contribution in [2.45, 2.75) is 50.2 Å². The highest BCUT2D eigenvalue weighted by atomic mass is 19.4. The summed E-state index contributed by atoms with van der Waals surface area (Å²) in [5.74, 6) is -0.734. The summed E-state index contributed by atoms with van der Waals surface area (Å²) in [6, 6.07) is 10.8. The van der Waals surface area contributed by atoms with Gasteiger partial charge in [0, 0.05) is 12.3 Å². The van der Waals surface area contributed by atoms with Crippen LogP contribution in [0.1, 0.15) is 36.8 Å². The number of carboxylic acids is 1. The first-order valence-corrected chi connectivity index (χ1v) is 13.1. The average molecular weight is 539 g/mol. The van der Waals surface area contributed by atoms with Gasteiger partial charge in [-0.3, -0.25) is 4.79 Å². The number of aliphatic carboxylic acids is 1. The largest absolute Gasteiger partial charge is 0.493 e. The maximum Gasteiger partial charge on any atom is 0.417 e. The second-order valence-electron chi connectivity index (χ2n) is 11.1. The van der Waals surface area contributed by atoms with E-state index in [2.05, 4.69) is 6.58 Å². The van der Waals surface area contributed by atoms with Gasteiger partial charge in [-0.1, -0.05) is 36.9 Å². The molecule has 1 unspecified atom stereocenters. The Kier molecular flexibility index (Phi) is 6.23. The fourth-order valence-electron chi connectivity index (χ4n) is 5.92. The lowest BCUT2D eigenvalue weighted by molar-refractivity contribution is -0.139. The molecule has 8 heteroatoms. The van der Waals surface area contributed by atoms with Crippen LogP contribution in [0, 0.1) is 17.8 Å². The van der Waals surface area contributed by atoms with Crippen molar-refractivity contribution in [3.8, 4) is 16.9 Å². The fraction of sp³-hybridized carbons (Fsp3) is 0.387. The van der Waals surface area contributed by atoms with Gasteiger partial charge < -0.3 is 19.7 Å². The number of benzene rings is 2. The van der Waals surface area contributed by atoms with Crippen molar-refractivity contribution < 1.29 is 37.7 Å². The van der Waals surface area contributed by atoms with Crippen molar-refractivity contribution >= 4 is 5.97 Å². The highest BCUT2D eigenvalue weighted by molar-refractivity contribution is 5.78. The molecule has 0 radical (unpaired) electrons. The number of halogens is 3. The molecule has 204 valence electrons. The average Bonchev–Trinajstić information content (AvgIpc) is 3.77. The molecule has 0 aliphatic heterocycles. The van der Waals surface area contributed by atoms with Gasteiger partial charge in [-0.25, -0.2) is 0 Å². The topological polar surface area (TPSA) is 76.0 Å². The second-order valence-corrected chi connectivity index (χ2v) is 11.1. The summed E-state index contributed by atoms with van der Waals surface area (Å²) in [6.45, 7) is 4.43. The normalized spacial score (nSPS) is 26.3. The lowest BCUT2D eigenvalue weighted by atomic mass is 9.90. The van der Waals surface area contributed by atoms with Crippen LogP contribution in [0.15, 0.2) is 77.9 Å². The second kappa shape index (κ2) is 9.38. The van der Waals surface area contributed by atoms with Gasteiger partial charge in [0.1, 0.15) is 11.9 Å². The molecule has 0 amide bonds. The Balaban J connectivity index is 1.14. The third kappa shape index (κ3) is 5.15. The number of allylic oxidation sites excluding steroid dienone is 2. The molecule has 0 bridgehead atoms. The number of hydrogen-bond donors (Lipinski definition) is 2. The molecule has 2 aromatic rings. The number of carboxylic acid groups (broad SMARTS) is 1. The van der Waals surface area contributed by atoms with E-state index in [9.17, 15) is 28.2 Å². The predicted octanol–water partition coefficient (Wildman–Crippen LogP) is 6.32. The van der Waals surface area contributed by atoms with E-state index in [0.29, 0.717) is 24.8 Å². The molecule has 3 saturated carbocycles. The summed E-state index contributed by atoms with van der Waals surface area (Å²) in [6.07, 6.45) is 1.49. The van der Waals surface area contributed by atoms with Gasteiger partial charge >= 0.3 is 12.1 Å². The van der Waals surface area contributed by atoms with Crippen molar-refractivity contribution in [3.05, 3.63) is 89.0 Å². The minimum Gasteiger partial charge on any atom is -0.493 e. The van der Waals surface area contributed by atoms with Gasteiger partial charge in [-0.2, -0.15) is 13.2 Å². The zero-order valence-corrected chi connectivity index (χ0v) is 21.2. The number of alkyl halides is 3. The van der Waals surface area contributed by atoms with Crippen LogP contribution in [0.3, 0.4) is 0 Å². The summed E-state index contributed by atoms with van der Waals surface area (Å²) >= 11 is 0. The molecule has 2 N–H and O–H groups in total. The molecule has 2 aromatic carbocycles. The molecule has 4 aliphatic carbocycles. The Morgan fingerprint density at radius 3 is 2.67 bits per heavy atom. The number of ether oxygens (including phenoxy) is 2. The Morgan fingerprint density at radius 1 is 1.15 bits per heavy atom. The van der Waals surface area contributed by atoms with Gasteiger partial charge in [-0.15, -0.1) is 0 Å². The van der Waals surface area contributed by atoms with Crippen LogP contribution in [0.2, 0.25) is 0 Å². The standard InChI is InChI=1S/C31H29F3O5/c1-17-11-23-20(13-24-27(23)28(24)29(35)36)14-26(17)39-16-18-3-2-4-19(12-18)22-6-5-21(15-25(22)31(32,33)34)38-10-9-30(37)7-8-30/h2-6,11-12,14-15,24,26-28,37H,1,7-10,13,16H2,(H,35,36)/t24-,26?,27+,28+/m1/s1. The van der Waals surface area contributed by atoms with Crippen molar-refractivity contribution in [1.29, 1.82) is 0 Å².